The molecule has 0 amide bonds. The highest BCUT2D eigenvalue weighted by Crippen LogP contribution is 2.21. The SMILES string of the molecule is O=C(O)/C(=C\c1ccccc1F)c1ccc(Cl)cc1. The molecule has 0 unspecified atom stereocenters. The summed E-state index contributed by atoms with van der Waals surface area (Å²) < 4.78 is 13.5. The average molecular weight is 277 g/mol. The highest BCUT2D eigenvalue weighted by molar-refractivity contribution is 6.30. The fraction of sp³-hybridized carbons (Fsp3) is 0. The first kappa shape index (κ1) is 13.3. The van der Waals surface area contributed by atoms with Gasteiger partial charge in [-0.15, -0.1) is 0 Å². The van der Waals surface area contributed by atoms with Crippen LogP contribution < -0.4 is 0 Å². The van der Waals surface area contributed by atoms with E-state index in [0.29, 0.717) is 10.6 Å². The molecule has 0 aliphatic carbocycles. The minimum absolute atomic E-state index is 0.0155. The maximum Gasteiger partial charge on any atom is 0.336 e. The molecule has 0 saturated heterocycles. The van der Waals surface area contributed by atoms with Crippen LogP contribution in [0.1, 0.15) is 11.1 Å². The zero-order valence-corrected chi connectivity index (χ0v) is 10.6. The van der Waals surface area contributed by atoms with Crippen LogP contribution >= 0.6 is 11.6 Å². The number of hydrogen-bond donors (Lipinski definition) is 1. The van der Waals surface area contributed by atoms with Crippen molar-refractivity contribution in [3.8, 4) is 0 Å². The highest BCUT2D eigenvalue weighted by atomic mass is 35.5. The zero-order valence-electron chi connectivity index (χ0n) is 9.81. The standard InChI is InChI=1S/C15H10ClFO2/c16-12-7-5-10(6-8-12)13(15(18)19)9-11-3-1-2-4-14(11)17/h1-9H,(H,18,19)/b13-9-. The van der Waals surface area contributed by atoms with Gasteiger partial charge in [0.05, 0.1) is 5.57 Å². The van der Waals surface area contributed by atoms with Gasteiger partial charge in [0, 0.05) is 10.6 Å². The Labute approximate surface area is 114 Å². The van der Waals surface area contributed by atoms with E-state index in [4.69, 9.17) is 11.6 Å². The summed E-state index contributed by atoms with van der Waals surface area (Å²) in [6.07, 6.45) is 1.31. The molecule has 0 radical (unpaired) electrons. The van der Waals surface area contributed by atoms with Crippen molar-refractivity contribution in [3.05, 3.63) is 70.5 Å². The fourth-order valence-electron chi connectivity index (χ4n) is 1.65. The summed E-state index contributed by atoms with van der Waals surface area (Å²) in [6.45, 7) is 0. The normalized spacial score (nSPS) is 11.4. The Bertz CT molecular complexity index is 633. The molecule has 0 aromatic heterocycles. The van der Waals surface area contributed by atoms with E-state index in [1.165, 1.54) is 18.2 Å². The molecule has 0 atom stereocenters. The van der Waals surface area contributed by atoms with Crippen molar-refractivity contribution in [3.63, 3.8) is 0 Å². The molecular formula is C15H10ClFO2. The molecule has 2 nitrogen and oxygen atoms in total. The van der Waals surface area contributed by atoms with E-state index < -0.39 is 11.8 Å². The van der Waals surface area contributed by atoms with Gasteiger partial charge in [0.15, 0.2) is 0 Å². The molecule has 96 valence electrons. The second-order valence-electron chi connectivity index (χ2n) is 3.89. The topological polar surface area (TPSA) is 37.3 Å². The quantitative estimate of drug-likeness (QED) is 0.677. The molecule has 2 aromatic rings. The summed E-state index contributed by atoms with van der Waals surface area (Å²) in [7, 11) is 0. The first-order valence-electron chi connectivity index (χ1n) is 5.53. The summed E-state index contributed by atoms with van der Waals surface area (Å²) in [4.78, 5) is 11.3. The Balaban J connectivity index is 2.50. The minimum Gasteiger partial charge on any atom is -0.478 e. The second-order valence-corrected chi connectivity index (χ2v) is 4.33. The van der Waals surface area contributed by atoms with Crippen LogP contribution in [0.4, 0.5) is 4.39 Å². The van der Waals surface area contributed by atoms with Crippen LogP contribution in [-0.4, -0.2) is 11.1 Å². The smallest absolute Gasteiger partial charge is 0.336 e. The molecule has 0 bridgehead atoms. The molecule has 0 aliphatic heterocycles. The van der Waals surface area contributed by atoms with Gasteiger partial charge in [-0.1, -0.05) is 41.9 Å². The summed E-state index contributed by atoms with van der Waals surface area (Å²) in [5.41, 5.74) is 0.719. The highest BCUT2D eigenvalue weighted by Gasteiger charge is 2.11. The van der Waals surface area contributed by atoms with Gasteiger partial charge in [-0.25, -0.2) is 9.18 Å². The molecule has 4 heteroatoms. The van der Waals surface area contributed by atoms with Gasteiger partial charge < -0.3 is 5.11 Å². The van der Waals surface area contributed by atoms with Gasteiger partial charge in [-0.2, -0.15) is 0 Å². The van der Waals surface area contributed by atoms with Gasteiger partial charge in [0.25, 0.3) is 0 Å². The van der Waals surface area contributed by atoms with E-state index in [-0.39, 0.29) is 11.1 Å². The minimum atomic E-state index is -1.12. The number of carboxylic acids is 1. The number of benzene rings is 2. The Morgan fingerprint density at radius 3 is 2.32 bits per heavy atom. The van der Waals surface area contributed by atoms with Gasteiger partial charge in [0.2, 0.25) is 0 Å². The number of aliphatic carboxylic acids is 1. The van der Waals surface area contributed by atoms with Gasteiger partial charge in [-0.05, 0) is 29.8 Å². The van der Waals surface area contributed by atoms with Crippen LogP contribution in [-0.2, 0) is 4.79 Å². The van der Waals surface area contributed by atoms with Gasteiger partial charge in [-0.3, -0.25) is 0 Å². The van der Waals surface area contributed by atoms with Crippen LogP contribution in [0.15, 0.2) is 48.5 Å². The summed E-state index contributed by atoms with van der Waals surface area (Å²) in [5.74, 6) is -1.58. The van der Waals surface area contributed by atoms with Crippen LogP contribution in [0, 0.1) is 5.82 Å². The van der Waals surface area contributed by atoms with E-state index in [0.717, 1.165) is 0 Å². The van der Waals surface area contributed by atoms with Crippen LogP contribution in [0.2, 0.25) is 5.02 Å². The van der Waals surface area contributed by atoms with Crippen molar-refractivity contribution in [2.75, 3.05) is 0 Å². The molecule has 19 heavy (non-hydrogen) atoms. The lowest BCUT2D eigenvalue weighted by atomic mass is 10.0. The van der Waals surface area contributed by atoms with E-state index in [1.54, 1.807) is 36.4 Å². The van der Waals surface area contributed by atoms with E-state index in [2.05, 4.69) is 0 Å². The maximum atomic E-state index is 13.5. The lowest BCUT2D eigenvalue weighted by molar-refractivity contribution is -0.130. The predicted octanol–water partition coefficient (Wildman–Crippen LogP) is 4.10. The van der Waals surface area contributed by atoms with Crippen molar-refractivity contribution in [2.24, 2.45) is 0 Å². The van der Waals surface area contributed by atoms with Crippen molar-refractivity contribution >= 4 is 29.2 Å². The molecule has 2 aromatic carbocycles. The van der Waals surface area contributed by atoms with Crippen molar-refractivity contribution < 1.29 is 14.3 Å². The number of hydrogen-bond acceptors (Lipinski definition) is 1. The molecule has 0 aliphatic rings. The number of carbonyl (C=O) groups is 1. The van der Waals surface area contributed by atoms with E-state index >= 15 is 0 Å². The average Bonchev–Trinajstić information content (AvgIpc) is 2.39. The number of rotatable bonds is 3. The van der Waals surface area contributed by atoms with Crippen molar-refractivity contribution in [2.45, 2.75) is 0 Å². The summed E-state index contributed by atoms with van der Waals surface area (Å²) in [6, 6.07) is 12.4. The van der Waals surface area contributed by atoms with Crippen LogP contribution in [0.3, 0.4) is 0 Å². The van der Waals surface area contributed by atoms with Crippen LogP contribution in [0.5, 0.6) is 0 Å². The Kier molecular flexibility index (Phi) is 3.97. The molecular weight excluding hydrogens is 267 g/mol. The van der Waals surface area contributed by atoms with E-state index in [9.17, 15) is 14.3 Å². The van der Waals surface area contributed by atoms with E-state index in [1.807, 2.05) is 0 Å². The number of carboxylic acid groups (broad SMARTS) is 1. The summed E-state index contributed by atoms with van der Waals surface area (Å²) >= 11 is 5.75. The lowest BCUT2D eigenvalue weighted by Crippen LogP contribution is -2.00. The van der Waals surface area contributed by atoms with Gasteiger partial charge in [0.1, 0.15) is 5.82 Å². The first-order valence-corrected chi connectivity index (χ1v) is 5.91. The Hall–Kier alpha value is -2.13. The first-order chi connectivity index (χ1) is 9.08. The van der Waals surface area contributed by atoms with Crippen molar-refractivity contribution in [1.82, 2.24) is 0 Å². The van der Waals surface area contributed by atoms with Crippen molar-refractivity contribution in [1.29, 1.82) is 0 Å². The predicted molar refractivity (Wildman–Crippen MR) is 73.4 cm³/mol. The maximum absolute atomic E-state index is 13.5. The Morgan fingerprint density at radius 1 is 1.11 bits per heavy atom. The number of halogens is 2. The second kappa shape index (κ2) is 5.67. The lowest BCUT2D eigenvalue weighted by Gasteiger charge is -2.04. The molecule has 2 rings (SSSR count). The molecule has 0 heterocycles. The molecule has 0 fully saturated rings. The monoisotopic (exact) mass is 276 g/mol. The molecule has 1 N–H and O–H groups in total. The van der Waals surface area contributed by atoms with Crippen LogP contribution in [0.25, 0.3) is 11.6 Å². The fourth-order valence-corrected chi connectivity index (χ4v) is 1.77. The van der Waals surface area contributed by atoms with Gasteiger partial charge >= 0.3 is 5.97 Å². The third-order valence-electron chi connectivity index (χ3n) is 2.59. The Morgan fingerprint density at radius 2 is 1.74 bits per heavy atom. The third-order valence-corrected chi connectivity index (χ3v) is 2.84. The largest absolute Gasteiger partial charge is 0.478 e. The molecule has 0 saturated carbocycles. The zero-order chi connectivity index (χ0) is 13.8. The molecule has 0 spiro atoms. The third kappa shape index (κ3) is 3.20. The summed E-state index contributed by atoms with van der Waals surface area (Å²) in [5, 5.41) is 9.74.